The molecule has 1 N–H and O–H groups in total. The van der Waals surface area contributed by atoms with Crippen LogP contribution in [0.5, 0.6) is 5.88 Å². The fourth-order valence-corrected chi connectivity index (χ4v) is 2.82. The topological polar surface area (TPSA) is 58.5 Å². The van der Waals surface area contributed by atoms with Crippen LogP contribution in [0.25, 0.3) is 11.0 Å². The molecular weight excluding hydrogens is 266 g/mol. The summed E-state index contributed by atoms with van der Waals surface area (Å²) in [6.07, 6.45) is 2.13. The predicted octanol–water partition coefficient (Wildman–Crippen LogP) is 2.24. The molecule has 1 unspecified atom stereocenters. The van der Waals surface area contributed by atoms with Gasteiger partial charge < -0.3 is 14.7 Å². The number of piperidine rings is 1. The third-order valence-corrected chi connectivity index (χ3v) is 3.88. The number of nitrogens with zero attached hydrogens (tertiary/aromatic N) is 3. The SMILES string of the molecule is CCOc1nc2ccccc2nc1N1CCCC(CO)C1. The fourth-order valence-electron chi connectivity index (χ4n) is 2.82. The number of hydrogen-bond donors (Lipinski definition) is 1. The molecule has 1 aliphatic rings. The number of aromatic nitrogens is 2. The summed E-state index contributed by atoms with van der Waals surface area (Å²) in [5.74, 6) is 1.70. The number of anilines is 1. The summed E-state index contributed by atoms with van der Waals surface area (Å²) in [7, 11) is 0. The quantitative estimate of drug-likeness (QED) is 0.934. The highest BCUT2D eigenvalue weighted by atomic mass is 16.5. The zero-order valence-corrected chi connectivity index (χ0v) is 12.3. The van der Waals surface area contributed by atoms with Gasteiger partial charge in [0.25, 0.3) is 5.88 Å². The van der Waals surface area contributed by atoms with Crippen molar-refractivity contribution in [2.45, 2.75) is 19.8 Å². The van der Waals surface area contributed by atoms with E-state index in [9.17, 15) is 5.11 Å². The second-order valence-corrected chi connectivity index (χ2v) is 5.41. The van der Waals surface area contributed by atoms with E-state index in [0.29, 0.717) is 18.4 Å². The molecule has 0 radical (unpaired) electrons. The van der Waals surface area contributed by atoms with E-state index in [1.165, 1.54) is 0 Å². The van der Waals surface area contributed by atoms with Crippen molar-refractivity contribution in [3.8, 4) is 5.88 Å². The maximum atomic E-state index is 9.41. The molecule has 0 saturated carbocycles. The zero-order valence-electron chi connectivity index (χ0n) is 12.3. The Labute approximate surface area is 124 Å². The lowest BCUT2D eigenvalue weighted by Crippen LogP contribution is -2.37. The van der Waals surface area contributed by atoms with Crippen molar-refractivity contribution in [1.29, 1.82) is 0 Å². The van der Waals surface area contributed by atoms with Crippen LogP contribution >= 0.6 is 0 Å². The average molecular weight is 287 g/mol. The van der Waals surface area contributed by atoms with Gasteiger partial charge in [-0.15, -0.1) is 0 Å². The average Bonchev–Trinajstić information content (AvgIpc) is 2.54. The number of aliphatic hydroxyl groups excluding tert-OH is 1. The largest absolute Gasteiger partial charge is 0.475 e. The number of benzene rings is 1. The molecule has 2 aromatic rings. The highest BCUT2D eigenvalue weighted by Gasteiger charge is 2.24. The molecule has 2 heterocycles. The van der Waals surface area contributed by atoms with Gasteiger partial charge in [0, 0.05) is 19.7 Å². The van der Waals surface area contributed by atoms with Crippen LogP contribution in [-0.4, -0.2) is 41.4 Å². The lowest BCUT2D eigenvalue weighted by Gasteiger charge is -2.33. The molecule has 1 aromatic heterocycles. The standard InChI is InChI=1S/C16H21N3O2/c1-2-21-16-15(19-9-5-6-12(10-19)11-20)17-13-7-3-4-8-14(13)18-16/h3-4,7-8,12,20H,2,5-6,9-11H2,1H3. The van der Waals surface area contributed by atoms with Crippen molar-refractivity contribution in [2.75, 3.05) is 31.2 Å². The molecule has 21 heavy (non-hydrogen) atoms. The Hall–Kier alpha value is -1.88. The Bertz CT molecular complexity index is 617. The summed E-state index contributed by atoms with van der Waals surface area (Å²) in [5, 5.41) is 9.41. The first-order valence-corrected chi connectivity index (χ1v) is 7.57. The van der Waals surface area contributed by atoms with Crippen molar-refractivity contribution in [3.63, 3.8) is 0 Å². The molecule has 0 spiro atoms. The fraction of sp³-hybridized carbons (Fsp3) is 0.500. The van der Waals surface area contributed by atoms with E-state index in [0.717, 1.165) is 42.8 Å². The number of fused-ring (bicyclic) bond motifs is 1. The van der Waals surface area contributed by atoms with E-state index in [1.54, 1.807) is 0 Å². The number of rotatable bonds is 4. The minimum Gasteiger partial charge on any atom is -0.475 e. The molecule has 0 bridgehead atoms. The summed E-state index contributed by atoms with van der Waals surface area (Å²) in [6, 6.07) is 7.83. The number of aliphatic hydroxyl groups is 1. The molecule has 5 heteroatoms. The third kappa shape index (κ3) is 2.93. The number of para-hydroxylation sites is 2. The summed E-state index contributed by atoms with van der Waals surface area (Å²) < 4.78 is 5.69. The molecule has 5 nitrogen and oxygen atoms in total. The van der Waals surface area contributed by atoms with Crippen molar-refractivity contribution in [1.82, 2.24) is 9.97 Å². The van der Waals surface area contributed by atoms with Gasteiger partial charge in [-0.1, -0.05) is 12.1 Å². The van der Waals surface area contributed by atoms with E-state index in [2.05, 4.69) is 9.88 Å². The Morgan fingerprint density at radius 3 is 2.76 bits per heavy atom. The van der Waals surface area contributed by atoms with Crippen molar-refractivity contribution in [2.24, 2.45) is 5.92 Å². The van der Waals surface area contributed by atoms with Gasteiger partial charge >= 0.3 is 0 Å². The van der Waals surface area contributed by atoms with E-state index in [-0.39, 0.29) is 6.61 Å². The van der Waals surface area contributed by atoms with Crippen molar-refractivity contribution >= 4 is 16.9 Å². The Morgan fingerprint density at radius 2 is 2.05 bits per heavy atom. The molecule has 1 aliphatic heterocycles. The van der Waals surface area contributed by atoms with E-state index in [1.807, 2.05) is 31.2 Å². The van der Waals surface area contributed by atoms with Crippen molar-refractivity contribution in [3.05, 3.63) is 24.3 Å². The lowest BCUT2D eigenvalue weighted by atomic mass is 9.99. The highest BCUT2D eigenvalue weighted by Crippen LogP contribution is 2.30. The molecule has 1 saturated heterocycles. The van der Waals surface area contributed by atoms with Crippen LogP contribution in [0, 0.1) is 5.92 Å². The maximum Gasteiger partial charge on any atom is 0.258 e. The first-order valence-electron chi connectivity index (χ1n) is 7.57. The molecule has 1 fully saturated rings. The monoisotopic (exact) mass is 287 g/mol. The van der Waals surface area contributed by atoms with E-state index >= 15 is 0 Å². The smallest absolute Gasteiger partial charge is 0.258 e. The Morgan fingerprint density at radius 1 is 1.29 bits per heavy atom. The van der Waals surface area contributed by atoms with Crippen LogP contribution in [0.4, 0.5) is 5.82 Å². The van der Waals surface area contributed by atoms with Gasteiger partial charge in [0.05, 0.1) is 17.6 Å². The third-order valence-electron chi connectivity index (χ3n) is 3.88. The normalized spacial score (nSPS) is 19.0. The lowest BCUT2D eigenvalue weighted by molar-refractivity contribution is 0.208. The first-order chi connectivity index (χ1) is 10.3. The maximum absolute atomic E-state index is 9.41. The van der Waals surface area contributed by atoms with Crippen molar-refractivity contribution < 1.29 is 9.84 Å². The summed E-state index contributed by atoms with van der Waals surface area (Å²) in [4.78, 5) is 11.5. The zero-order chi connectivity index (χ0) is 14.7. The second-order valence-electron chi connectivity index (χ2n) is 5.41. The van der Waals surface area contributed by atoms with Gasteiger partial charge in [-0.05, 0) is 37.8 Å². The molecule has 1 aromatic carbocycles. The minimum atomic E-state index is 0.224. The summed E-state index contributed by atoms with van der Waals surface area (Å²) in [6.45, 7) is 4.49. The molecule has 112 valence electrons. The molecule has 0 aliphatic carbocycles. The Kier molecular flexibility index (Phi) is 4.20. The second kappa shape index (κ2) is 6.26. The van der Waals surface area contributed by atoms with Gasteiger partial charge in [-0.2, -0.15) is 0 Å². The van der Waals surface area contributed by atoms with Gasteiger partial charge in [-0.3, -0.25) is 0 Å². The van der Waals surface area contributed by atoms with Gasteiger partial charge in [0.2, 0.25) is 0 Å². The number of hydrogen-bond acceptors (Lipinski definition) is 5. The summed E-state index contributed by atoms with van der Waals surface area (Å²) in [5.41, 5.74) is 1.72. The van der Waals surface area contributed by atoms with Gasteiger partial charge in [-0.25, -0.2) is 9.97 Å². The van der Waals surface area contributed by atoms with Gasteiger partial charge in [0.15, 0.2) is 5.82 Å². The van der Waals surface area contributed by atoms with Crippen LogP contribution in [0.2, 0.25) is 0 Å². The van der Waals surface area contributed by atoms with Crippen LogP contribution in [0.1, 0.15) is 19.8 Å². The van der Waals surface area contributed by atoms with E-state index < -0.39 is 0 Å². The van der Waals surface area contributed by atoms with Crippen LogP contribution in [-0.2, 0) is 0 Å². The predicted molar refractivity (Wildman–Crippen MR) is 82.7 cm³/mol. The van der Waals surface area contributed by atoms with Gasteiger partial charge in [0.1, 0.15) is 0 Å². The molecular formula is C16H21N3O2. The molecule has 1 atom stereocenters. The number of ether oxygens (including phenoxy) is 1. The summed E-state index contributed by atoms with van der Waals surface area (Å²) >= 11 is 0. The highest BCUT2D eigenvalue weighted by molar-refractivity contribution is 5.77. The molecule has 3 rings (SSSR count). The van der Waals surface area contributed by atoms with E-state index in [4.69, 9.17) is 9.72 Å². The van der Waals surface area contributed by atoms with Crippen LogP contribution < -0.4 is 9.64 Å². The van der Waals surface area contributed by atoms with Crippen LogP contribution in [0.15, 0.2) is 24.3 Å². The minimum absolute atomic E-state index is 0.224. The van der Waals surface area contributed by atoms with Crippen LogP contribution in [0.3, 0.4) is 0 Å². The first kappa shape index (κ1) is 14.1. The Balaban J connectivity index is 2.00. The molecule has 0 amide bonds.